The third-order valence-corrected chi connectivity index (χ3v) is 6.29. The van der Waals surface area contributed by atoms with Gasteiger partial charge in [-0.2, -0.15) is 0 Å². The summed E-state index contributed by atoms with van der Waals surface area (Å²) in [4.78, 5) is 23.8. The number of aliphatic imine (C=N–C) groups is 1. The number of hydrogen-bond acceptors (Lipinski definition) is 4. The van der Waals surface area contributed by atoms with E-state index in [1.54, 1.807) is 0 Å². The zero-order valence-electron chi connectivity index (χ0n) is 19.5. The maximum absolute atomic E-state index is 12.7. The molecule has 1 unspecified atom stereocenters. The zero-order valence-corrected chi connectivity index (χ0v) is 19.5. The Bertz CT molecular complexity index is 707. The van der Waals surface area contributed by atoms with Crippen LogP contribution in [0.5, 0.6) is 5.75 Å². The van der Waals surface area contributed by atoms with Gasteiger partial charge in [-0.15, -0.1) is 0 Å². The fraction of sp³-hybridized carbons (Fsp3) is 0.667. The molecule has 1 aromatic rings. The predicted octanol–water partition coefficient (Wildman–Crippen LogP) is 2.36. The molecular weight excluding hydrogens is 390 g/mol. The number of guanidine groups is 1. The fourth-order valence-electron chi connectivity index (χ4n) is 4.26. The van der Waals surface area contributed by atoms with E-state index in [-0.39, 0.29) is 6.04 Å². The van der Waals surface area contributed by atoms with Crippen LogP contribution in [-0.2, 0) is 4.79 Å². The summed E-state index contributed by atoms with van der Waals surface area (Å²) >= 11 is 0. The number of carbonyl (C=O) groups is 1. The summed E-state index contributed by atoms with van der Waals surface area (Å²) in [5, 5.41) is 3.48. The van der Waals surface area contributed by atoms with E-state index in [1.807, 2.05) is 24.1 Å². The zero-order chi connectivity index (χ0) is 22.1. The Morgan fingerprint density at radius 1 is 1.03 bits per heavy atom. The molecule has 2 saturated heterocycles. The van der Waals surface area contributed by atoms with E-state index in [0.717, 1.165) is 89.8 Å². The third kappa shape index (κ3) is 6.86. The molecule has 1 atom stereocenters. The van der Waals surface area contributed by atoms with Crippen LogP contribution in [0.15, 0.2) is 29.3 Å². The predicted molar refractivity (Wildman–Crippen MR) is 126 cm³/mol. The number of hydrogen-bond donors (Lipinski definition) is 1. The highest BCUT2D eigenvalue weighted by Gasteiger charge is 2.30. The molecule has 0 bridgehead atoms. The molecule has 7 nitrogen and oxygen atoms in total. The average molecular weight is 430 g/mol. The summed E-state index contributed by atoms with van der Waals surface area (Å²) in [5.74, 6) is 2.18. The first-order valence-electron chi connectivity index (χ1n) is 11.8. The second-order valence-corrected chi connectivity index (χ2v) is 8.57. The number of carbonyl (C=O) groups excluding carboxylic acids is 1. The van der Waals surface area contributed by atoms with Gasteiger partial charge in [0.2, 0.25) is 5.91 Å². The Balaban J connectivity index is 1.31. The van der Waals surface area contributed by atoms with E-state index >= 15 is 0 Å². The lowest BCUT2D eigenvalue weighted by Gasteiger charge is -2.39. The number of nitrogens with zero attached hydrogens (tertiary/aromatic N) is 4. The van der Waals surface area contributed by atoms with Gasteiger partial charge < -0.3 is 19.9 Å². The van der Waals surface area contributed by atoms with Crippen molar-refractivity contribution >= 4 is 11.9 Å². The molecule has 0 radical (unpaired) electrons. The third-order valence-electron chi connectivity index (χ3n) is 6.29. The van der Waals surface area contributed by atoms with Gasteiger partial charge in [0.1, 0.15) is 5.75 Å². The van der Waals surface area contributed by atoms with Gasteiger partial charge in [0.15, 0.2) is 5.96 Å². The molecule has 2 aliphatic rings. The highest BCUT2D eigenvalue weighted by Crippen LogP contribution is 2.14. The maximum atomic E-state index is 12.7. The van der Waals surface area contributed by atoms with Gasteiger partial charge in [0.05, 0.1) is 12.6 Å². The van der Waals surface area contributed by atoms with Gasteiger partial charge in [-0.1, -0.05) is 17.7 Å². The van der Waals surface area contributed by atoms with Crippen LogP contribution in [0.4, 0.5) is 0 Å². The fourth-order valence-corrected chi connectivity index (χ4v) is 4.26. The maximum Gasteiger partial charge on any atom is 0.239 e. The van der Waals surface area contributed by atoms with Crippen molar-refractivity contribution in [3.05, 3.63) is 29.8 Å². The van der Waals surface area contributed by atoms with E-state index in [2.05, 4.69) is 46.1 Å². The van der Waals surface area contributed by atoms with E-state index in [9.17, 15) is 4.79 Å². The quantitative estimate of drug-likeness (QED) is 0.391. The smallest absolute Gasteiger partial charge is 0.239 e. The largest absolute Gasteiger partial charge is 0.494 e. The molecule has 3 rings (SSSR count). The molecule has 0 saturated carbocycles. The van der Waals surface area contributed by atoms with E-state index in [0.29, 0.717) is 5.91 Å². The lowest BCUT2D eigenvalue weighted by Crippen LogP contribution is -2.57. The minimum absolute atomic E-state index is 0.0243. The molecule has 0 spiro atoms. The van der Waals surface area contributed by atoms with Crippen LogP contribution < -0.4 is 10.1 Å². The molecule has 2 fully saturated rings. The molecule has 2 aliphatic heterocycles. The lowest BCUT2D eigenvalue weighted by molar-refractivity contribution is -0.135. The summed E-state index contributed by atoms with van der Waals surface area (Å²) in [6.45, 7) is 11.2. The Kier molecular flexibility index (Phi) is 9.00. The van der Waals surface area contributed by atoms with Crippen molar-refractivity contribution in [3.8, 4) is 5.75 Å². The molecule has 1 N–H and O–H groups in total. The first-order valence-corrected chi connectivity index (χ1v) is 11.8. The van der Waals surface area contributed by atoms with Crippen LogP contribution in [0.2, 0.25) is 0 Å². The van der Waals surface area contributed by atoms with Crippen LogP contribution in [0.3, 0.4) is 0 Å². The topological polar surface area (TPSA) is 60.4 Å². The highest BCUT2D eigenvalue weighted by atomic mass is 16.5. The Morgan fingerprint density at radius 2 is 1.71 bits per heavy atom. The average Bonchev–Trinajstić information content (AvgIpc) is 3.34. The number of piperazine rings is 1. The Hall–Kier alpha value is -2.28. The van der Waals surface area contributed by atoms with Crippen molar-refractivity contribution in [3.63, 3.8) is 0 Å². The molecule has 7 heteroatoms. The summed E-state index contributed by atoms with van der Waals surface area (Å²) in [6, 6.07) is 8.17. The first kappa shape index (κ1) is 23.4. The number of nitrogens with one attached hydrogen (secondary N) is 1. The SMILES string of the molecule is CN=C(NCCCCOc1ccc(C)cc1)N1CCN(C(C)C(=O)N2CCCC2)CC1. The van der Waals surface area contributed by atoms with Crippen LogP contribution in [0, 0.1) is 6.92 Å². The van der Waals surface area contributed by atoms with Crippen LogP contribution in [-0.4, -0.2) is 92.1 Å². The monoisotopic (exact) mass is 429 g/mol. The van der Waals surface area contributed by atoms with Gasteiger partial charge in [-0.25, -0.2) is 0 Å². The molecule has 2 heterocycles. The summed E-state index contributed by atoms with van der Waals surface area (Å²) in [7, 11) is 1.84. The van der Waals surface area contributed by atoms with Crippen molar-refractivity contribution in [1.82, 2.24) is 20.0 Å². The number of likely N-dealkylation sites (tertiary alicyclic amines) is 1. The van der Waals surface area contributed by atoms with Crippen molar-refractivity contribution in [2.45, 2.75) is 45.6 Å². The normalized spacial score (nSPS) is 18.9. The van der Waals surface area contributed by atoms with Gasteiger partial charge in [0.25, 0.3) is 0 Å². The lowest BCUT2D eigenvalue weighted by atomic mass is 10.2. The number of aryl methyl sites for hydroxylation is 1. The second kappa shape index (κ2) is 11.9. The summed E-state index contributed by atoms with van der Waals surface area (Å²) in [6.07, 6.45) is 4.33. The van der Waals surface area contributed by atoms with E-state index < -0.39 is 0 Å². The summed E-state index contributed by atoms with van der Waals surface area (Å²) in [5.41, 5.74) is 1.25. The molecular formula is C24H39N5O2. The van der Waals surface area contributed by atoms with Crippen molar-refractivity contribution < 1.29 is 9.53 Å². The number of amides is 1. The van der Waals surface area contributed by atoms with Gasteiger partial charge >= 0.3 is 0 Å². The Morgan fingerprint density at radius 3 is 2.35 bits per heavy atom. The molecule has 0 aromatic heterocycles. The molecule has 1 amide bonds. The van der Waals surface area contributed by atoms with Crippen LogP contribution in [0.1, 0.15) is 38.2 Å². The number of benzene rings is 1. The first-order chi connectivity index (χ1) is 15.1. The van der Waals surface area contributed by atoms with Gasteiger partial charge in [0, 0.05) is 52.9 Å². The summed E-state index contributed by atoms with van der Waals surface area (Å²) < 4.78 is 5.80. The number of rotatable bonds is 8. The number of ether oxygens (including phenoxy) is 1. The van der Waals surface area contributed by atoms with Crippen LogP contribution >= 0.6 is 0 Å². The molecule has 0 aliphatic carbocycles. The van der Waals surface area contributed by atoms with Gasteiger partial charge in [-0.3, -0.25) is 14.7 Å². The standard InChI is InChI=1S/C24H39N5O2/c1-20-8-10-22(11-9-20)31-19-7-4-12-26-24(25-3)29-17-15-27(16-18-29)21(2)23(30)28-13-5-6-14-28/h8-11,21H,4-7,12-19H2,1-3H3,(H,25,26). The molecule has 1 aromatic carbocycles. The minimum atomic E-state index is -0.0243. The van der Waals surface area contributed by atoms with Crippen molar-refractivity contribution in [2.24, 2.45) is 4.99 Å². The number of unbranched alkanes of at least 4 members (excludes halogenated alkanes) is 1. The minimum Gasteiger partial charge on any atom is -0.494 e. The molecule has 172 valence electrons. The highest BCUT2D eigenvalue weighted by molar-refractivity contribution is 5.82. The van der Waals surface area contributed by atoms with Gasteiger partial charge in [-0.05, 0) is 51.7 Å². The Labute approximate surface area is 187 Å². The van der Waals surface area contributed by atoms with Crippen molar-refractivity contribution in [1.29, 1.82) is 0 Å². The van der Waals surface area contributed by atoms with Crippen LogP contribution in [0.25, 0.3) is 0 Å². The van der Waals surface area contributed by atoms with Crippen molar-refractivity contribution in [2.75, 3.05) is 59.5 Å². The molecule has 31 heavy (non-hydrogen) atoms. The second-order valence-electron chi connectivity index (χ2n) is 8.57. The van der Waals surface area contributed by atoms with E-state index in [4.69, 9.17) is 4.74 Å². The van der Waals surface area contributed by atoms with E-state index in [1.165, 1.54) is 5.56 Å².